The van der Waals surface area contributed by atoms with Crippen LogP contribution in [0.2, 0.25) is 0 Å². The summed E-state index contributed by atoms with van der Waals surface area (Å²) < 4.78 is 0. The molecule has 1 rings (SSSR count). The van der Waals surface area contributed by atoms with Crippen LogP contribution in [0.5, 0.6) is 0 Å². The Kier molecular flexibility index (Phi) is 6.50. The first-order valence-electron chi connectivity index (χ1n) is 7.88. The van der Waals surface area contributed by atoms with Crippen molar-refractivity contribution in [2.24, 2.45) is 11.3 Å². The van der Waals surface area contributed by atoms with Crippen LogP contribution in [0.1, 0.15) is 66.2 Å². The van der Waals surface area contributed by atoms with Gasteiger partial charge in [0.25, 0.3) is 0 Å². The zero-order chi connectivity index (χ0) is 15.2. The summed E-state index contributed by atoms with van der Waals surface area (Å²) in [5.41, 5.74) is -0.361. The molecule has 0 spiro atoms. The van der Waals surface area contributed by atoms with Crippen LogP contribution < -0.4 is 10.6 Å². The molecule has 1 saturated carbocycles. The molecular formula is C16H30N2O2. The van der Waals surface area contributed by atoms with Gasteiger partial charge in [0, 0.05) is 24.4 Å². The van der Waals surface area contributed by atoms with Crippen LogP contribution in [0.3, 0.4) is 0 Å². The van der Waals surface area contributed by atoms with Gasteiger partial charge in [-0.3, -0.25) is 9.59 Å². The fourth-order valence-electron chi connectivity index (χ4n) is 2.53. The number of carbonyl (C=O) groups is 2. The SMILES string of the molecule is C[C@@H]1CCCC[C@@H]1NC(=O)CCCNC(=O)C(C)(C)C. The summed E-state index contributed by atoms with van der Waals surface area (Å²) in [6.45, 7) is 8.45. The third-order valence-electron chi connectivity index (χ3n) is 4.01. The molecule has 0 saturated heterocycles. The lowest BCUT2D eigenvalue weighted by Crippen LogP contribution is -2.41. The lowest BCUT2D eigenvalue weighted by atomic mass is 9.86. The highest BCUT2D eigenvalue weighted by atomic mass is 16.2. The summed E-state index contributed by atoms with van der Waals surface area (Å²) in [7, 11) is 0. The highest BCUT2D eigenvalue weighted by Gasteiger charge is 2.23. The lowest BCUT2D eigenvalue weighted by molar-refractivity contribution is -0.128. The van der Waals surface area contributed by atoms with Gasteiger partial charge in [-0.15, -0.1) is 0 Å². The predicted molar refractivity (Wildman–Crippen MR) is 81.3 cm³/mol. The normalized spacial score (nSPS) is 23.2. The van der Waals surface area contributed by atoms with Gasteiger partial charge in [0.1, 0.15) is 0 Å². The maximum atomic E-state index is 11.9. The van der Waals surface area contributed by atoms with E-state index in [0.717, 1.165) is 6.42 Å². The van der Waals surface area contributed by atoms with Crippen molar-refractivity contribution in [3.63, 3.8) is 0 Å². The molecule has 1 fully saturated rings. The molecule has 0 unspecified atom stereocenters. The van der Waals surface area contributed by atoms with E-state index in [1.165, 1.54) is 19.3 Å². The molecule has 20 heavy (non-hydrogen) atoms. The minimum atomic E-state index is -0.361. The fourth-order valence-corrected chi connectivity index (χ4v) is 2.53. The van der Waals surface area contributed by atoms with E-state index in [1.807, 2.05) is 20.8 Å². The van der Waals surface area contributed by atoms with Crippen molar-refractivity contribution in [3.8, 4) is 0 Å². The Balaban J connectivity index is 2.16. The molecule has 0 heterocycles. The fraction of sp³-hybridized carbons (Fsp3) is 0.875. The first-order chi connectivity index (χ1) is 9.30. The Bertz CT molecular complexity index is 334. The average molecular weight is 282 g/mol. The Morgan fingerprint density at radius 3 is 2.40 bits per heavy atom. The molecule has 0 aliphatic heterocycles. The van der Waals surface area contributed by atoms with Crippen LogP contribution in [-0.2, 0) is 9.59 Å². The van der Waals surface area contributed by atoms with Gasteiger partial charge in [0.15, 0.2) is 0 Å². The summed E-state index contributed by atoms with van der Waals surface area (Å²) in [5, 5.41) is 6.01. The number of carbonyl (C=O) groups excluding carboxylic acids is 2. The number of rotatable bonds is 5. The van der Waals surface area contributed by atoms with Crippen LogP contribution in [0.15, 0.2) is 0 Å². The van der Waals surface area contributed by atoms with Crippen LogP contribution in [0.25, 0.3) is 0 Å². The van der Waals surface area contributed by atoms with Crippen LogP contribution in [0, 0.1) is 11.3 Å². The smallest absolute Gasteiger partial charge is 0.225 e. The summed E-state index contributed by atoms with van der Waals surface area (Å²) in [5.74, 6) is 0.751. The Labute approximate surface area is 123 Å². The highest BCUT2D eigenvalue weighted by Crippen LogP contribution is 2.23. The number of hydrogen-bond acceptors (Lipinski definition) is 2. The van der Waals surface area contributed by atoms with E-state index in [1.54, 1.807) is 0 Å². The van der Waals surface area contributed by atoms with Crippen LogP contribution >= 0.6 is 0 Å². The third kappa shape index (κ3) is 5.93. The van der Waals surface area contributed by atoms with Gasteiger partial charge in [-0.05, 0) is 25.2 Å². The van der Waals surface area contributed by atoms with Gasteiger partial charge in [-0.25, -0.2) is 0 Å². The molecule has 116 valence electrons. The van der Waals surface area contributed by atoms with E-state index in [-0.39, 0.29) is 17.2 Å². The van der Waals surface area contributed by atoms with E-state index in [2.05, 4.69) is 17.6 Å². The molecule has 0 aromatic carbocycles. The molecular weight excluding hydrogens is 252 g/mol. The molecule has 0 aromatic rings. The molecule has 4 nitrogen and oxygen atoms in total. The maximum absolute atomic E-state index is 11.9. The van der Waals surface area contributed by atoms with Crippen molar-refractivity contribution in [3.05, 3.63) is 0 Å². The summed E-state index contributed by atoms with van der Waals surface area (Å²) >= 11 is 0. The summed E-state index contributed by atoms with van der Waals surface area (Å²) in [4.78, 5) is 23.5. The molecule has 4 heteroatoms. The molecule has 1 aliphatic rings. The first kappa shape index (κ1) is 17.0. The van der Waals surface area contributed by atoms with Gasteiger partial charge in [0.2, 0.25) is 11.8 Å². The quantitative estimate of drug-likeness (QED) is 0.762. The Morgan fingerprint density at radius 1 is 1.15 bits per heavy atom. The minimum Gasteiger partial charge on any atom is -0.356 e. The second kappa shape index (κ2) is 7.65. The first-order valence-corrected chi connectivity index (χ1v) is 7.88. The molecule has 0 bridgehead atoms. The summed E-state index contributed by atoms with van der Waals surface area (Å²) in [6, 6.07) is 0.348. The van der Waals surface area contributed by atoms with Gasteiger partial charge in [-0.2, -0.15) is 0 Å². The average Bonchev–Trinajstić information content (AvgIpc) is 2.36. The monoisotopic (exact) mass is 282 g/mol. The second-order valence-electron chi connectivity index (χ2n) is 7.05. The number of nitrogens with one attached hydrogen (secondary N) is 2. The molecule has 0 aromatic heterocycles. The van der Waals surface area contributed by atoms with E-state index >= 15 is 0 Å². The zero-order valence-corrected chi connectivity index (χ0v) is 13.4. The van der Waals surface area contributed by atoms with Crippen molar-refractivity contribution >= 4 is 11.8 Å². The van der Waals surface area contributed by atoms with Crippen molar-refractivity contribution in [2.45, 2.75) is 72.3 Å². The number of hydrogen-bond donors (Lipinski definition) is 2. The molecule has 2 amide bonds. The minimum absolute atomic E-state index is 0.0406. The third-order valence-corrected chi connectivity index (χ3v) is 4.01. The van der Waals surface area contributed by atoms with Crippen LogP contribution in [0.4, 0.5) is 0 Å². The van der Waals surface area contributed by atoms with Gasteiger partial charge >= 0.3 is 0 Å². The number of amides is 2. The molecule has 0 radical (unpaired) electrons. The molecule has 2 atom stereocenters. The maximum Gasteiger partial charge on any atom is 0.225 e. The van der Waals surface area contributed by atoms with Gasteiger partial charge in [0.05, 0.1) is 0 Å². The molecule has 2 N–H and O–H groups in total. The zero-order valence-electron chi connectivity index (χ0n) is 13.4. The van der Waals surface area contributed by atoms with E-state index in [4.69, 9.17) is 0 Å². The topological polar surface area (TPSA) is 58.2 Å². The second-order valence-corrected chi connectivity index (χ2v) is 7.05. The largest absolute Gasteiger partial charge is 0.356 e. The Morgan fingerprint density at radius 2 is 1.80 bits per heavy atom. The van der Waals surface area contributed by atoms with E-state index in [9.17, 15) is 9.59 Å². The van der Waals surface area contributed by atoms with Crippen molar-refractivity contribution in [1.29, 1.82) is 0 Å². The van der Waals surface area contributed by atoms with Gasteiger partial charge < -0.3 is 10.6 Å². The molecule has 1 aliphatic carbocycles. The Hall–Kier alpha value is -1.06. The lowest BCUT2D eigenvalue weighted by Gasteiger charge is -2.29. The van der Waals surface area contributed by atoms with Crippen molar-refractivity contribution in [2.75, 3.05) is 6.54 Å². The predicted octanol–water partition coefficient (Wildman–Crippen LogP) is 2.62. The highest BCUT2D eigenvalue weighted by molar-refractivity contribution is 5.81. The van der Waals surface area contributed by atoms with E-state index in [0.29, 0.717) is 31.3 Å². The standard InChI is InChI=1S/C16H30N2O2/c1-12-8-5-6-9-13(12)18-14(19)10-7-11-17-15(20)16(2,3)4/h12-13H,5-11H2,1-4H3,(H,17,20)(H,18,19)/t12-,13+/m1/s1. The van der Waals surface area contributed by atoms with Crippen molar-refractivity contribution in [1.82, 2.24) is 10.6 Å². The van der Waals surface area contributed by atoms with Gasteiger partial charge in [-0.1, -0.05) is 40.5 Å². The van der Waals surface area contributed by atoms with Crippen molar-refractivity contribution < 1.29 is 9.59 Å². The summed E-state index contributed by atoms with van der Waals surface area (Å²) in [6.07, 6.45) is 6.02. The van der Waals surface area contributed by atoms with E-state index < -0.39 is 0 Å². The van der Waals surface area contributed by atoms with Crippen LogP contribution in [-0.4, -0.2) is 24.4 Å².